The van der Waals surface area contributed by atoms with E-state index in [4.69, 9.17) is 18.9 Å². The zero-order chi connectivity index (χ0) is 19.7. The number of methoxy groups -OCH3 is 2. The predicted molar refractivity (Wildman–Crippen MR) is 101 cm³/mol. The Morgan fingerprint density at radius 1 is 1.14 bits per heavy atom. The lowest BCUT2D eigenvalue weighted by atomic mass is 10.2. The number of ether oxygens (including phenoxy) is 4. The third-order valence-electron chi connectivity index (χ3n) is 4.22. The van der Waals surface area contributed by atoms with Crippen LogP contribution >= 0.6 is 11.3 Å². The zero-order valence-corrected chi connectivity index (χ0v) is 15.9. The van der Waals surface area contributed by atoms with Gasteiger partial charge in [0.1, 0.15) is 12.3 Å². The molecule has 0 spiro atoms. The maximum atomic E-state index is 12.7. The van der Waals surface area contributed by atoms with Crippen molar-refractivity contribution >= 4 is 33.4 Å². The topological polar surface area (TPSA) is 88.4 Å². The van der Waals surface area contributed by atoms with E-state index in [0.717, 1.165) is 10.2 Å². The van der Waals surface area contributed by atoms with Crippen molar-refractivity contribution in [2.45, 2.75) is 6.54 Å². The summed E-state index contributed by atoms with van der Waals surface area (Å²) in [6.45, 7) is 0.0669. The van der Waals surface area contributed by atoms with Crippen LogP contribution in [0.1, 0.15) is 10.4 Å². The normalized spacial score (nSPS) is 13.0. The van der Waals surface area contributed by atoms with Gasteiger partial charge in [-0.25, -0.2) is 0 Å². The number of esters is 1. The van der Waals surface area contributed by atoms with Gasteiger partial charge in [-0.3, -0.25) is 9.59 Å². The molecule has 144 valence electrons. The first-order valence-corrected chi connectivity index (χ1v) is 9.13. The van der Waals surface area contributed by atoms with E-state index in [0.29, 0.717) is 27.6 Å². The molecular weight excluding hydrogens is 384 g/mol. The van der Waals surface area contributed by atoms with Crippen LogP contribution in [0.2, 0.25) is 0 Å². The van der Waals surface area contributed by atoms with Crippen LogP contribution in [0.4, 0.5) is 0 Å². The molecule has 0 radical (unpaired) electrons. The quantitative estimate of drug-likeness (QED) is 0.625. The molecule has 1 aromatic heterocycles. The van der Waals surface area contributed by atoms with Crippen molar-refractivity contribution in [2.75, 3.05) is 21.0 Å². The van der Waals surface area contributed by atoms with Gasteiger partial charge in [0.25, 0.3) is 5.91 Å². The molecule has 0 N–H and O–H groups in total. The van der Waals surface area contributed by atoms with Crippen molar-refractivity contribution < 1.29 is 28.5 Å². The second-order valence-corrected chi connectivity index (χ2v) is 6.87. The average molecular weight is 400 g/mol. The lowest BCUT2D eigenvalue weighted by Gasteiger charge is -2.04. The summed E-state index contributed by atoms with van der Waals surface area (Å²) < 4.78 is 23.1. The molecule has 4 rings (SSSR count). The summed E-state index contributed by atoms with van der Waals surface area (Å²) in [7, 11) is 2.89. The van der Waals surface area contributed by atoms with Crippen LogP contribution in [0.25, 0.3) is 10.2 Å². The number of hydrogen-bond donors (Lipinski definition) is 0. The summed E-state index contributed by atoms with van der Waals surface area (Å²) in [5, 5.41) is 0. The molecule has 28 heavy (non-hydrogen) atoms. The maximum absolute atomic E-state index is 12.7. The van der Waals surface area contributed by atoms with E-state index in [1.54, 1.807) is 35.9 Å². The molecule has 0 saturated heterocycles. The second-order valence-electron chi connectivity index (χ2n) is 5.87. The number of thiazole rings is 1. The minimum atomic E-state index is -0.449. The standard InChI is InChI=1S/C19H16N2O6S/c1-24-12-4-5-13-16(8-12)28-19(21(13)9-17(22)25-2)20-18(23)11-3-6-14-15(7-11)27-10-26-14/h3-8H,9-10H2,1-2H3. The van der Waals surface area contributed by atoms with Crippen molar-refractivity contribution in [1.29, 1.82) is 0 Å². The fourth-order valence-electron chi connectivity index (χ4n) is 2.79. The van der Waals surface area contributed by atoms with Gasteiger partial charge >= 0.3 is 5.97 Å². The highest BCUT2D eigenvalue weighted by Crippen LogP contribution is 2.32. The van der Waals surface area contributed by atoms with Gasteiger partial charge in [0, 0.05) is 5.56 Å². The smallest absolute Gasteiger partial charge is 0.325 e. The minimum absolute atomic E-state index is 0.0594. The van der Waals surface area contributed by atoms with Crippen molar-refractivity contribution in [3.63, 3.8) is 0 Å². The van der Waals surface area contributed by atoms with Gasteiger partial charge in [-0.15, -0.1) is 0 Å². The van der Waals surface area contributed by atoms with Gasteiger partial charge < -0.3 is 23.5 Å². The van der Waals surface area contributed by atoms with Gasteiger partial charge in [-0.05, 0) is 36.4 Å². The molecule has 0 atom stereocenters. The minimum Gasteiger partial charge on any atom is -0.497 e. The molecule has 2 aromatic carbocycles. The molecular formula is C19H16N2O6S. The summed E-state index contributed by atoms with van der Waals surface area (Å²) in [6, 6.07) is 10.3. The molecule has 9 heteroatoms. The van der Waals surface area contributed by atoms with Crippen LogP contribution in [0.3, 0.4) is 0 Å². The maximum Gasteiger partial charge on any atom is 0.325 e. The van der Waals surface area contributed by atoms with Gasteiger partial charge in [0.15, 0.2) is 16.3 Å². The monoisotopic (exact) mass is 400 g/mol. The van der Waals surface area contributed by atoms with Crippen LogP contribution in [0.5, 0.6) is 17.2 Å². The summed E-state index contributed by atoms with van der Waals surface area (Å²) in [4.78, 5) is 29.2. The number of amides is 1. The highest BCUT2D eigenvalue weighted by molar-refractivity contribution is 7.16. The zero-order valence-electron chi connectivity index (χ0n) is 15.1. The second kappa shape index (κ2) is 7.35. The Labute approximate surface area is 163 Å². The van der Waals surface area contributed by atoms with Crippen molar-refractivity contribution in [2.24, 2.45) is 4.99 Å². The number of rotatable bonds is 4. The molecule has 1 aliphatic heterocycles. The summed E-state index contributed by atoms with van der Waals surface area (Å²) in [5.41, 5.74) is 1.12. The number of nitrogens with zero attached hydrogens (tertiary/aromatic N) is 2. The van der Waals surface area contributed by atoms with Crippen LogP contribution in [-0.4, -0.2) is 37.5 Å². The van der Waals surface area contributed by atoms with E-state index < -0.39 is 11.9 Å². The van der Waals surface area contributed by atoms with Crippen molar-refractivity contribution in [3.05, 3.63) is 46.8 Å². The van der Waals surface area contributed by atoms with Gasteiger partial charge in [-0.2, -0.15) is 4.99 Å². The van der Waals surface area contributed by atoms with Crippen LogP contribution < -0.4 is 19.0 Å². The van der Waals surface area contributed by atoms with E-state index >= 15 is 0 Å². The summed E-state index contributed by atoms with van der Waals surface area (Å²) in [5.74, 6) is 0.881. The fraction of sp³-hybridized carbons (Fsp3) is 0.211. The molecule has 3 aromatic rings. The summed E-state index contributed by atoms with van der Waals surface area (Å²) >= 11 is 1.29. The fourth-order valence-corrected chi connectivity index (χ4v) is 3.85. The van der Waals surface area contributed by atoms with Gasteiger partial charge in [-0.1, -0.05) is 11.3 Å². The SMILES string of the molecule is COC(=O)Cn1c(=NC(=O)c2ccc3c(c2)OCO3)sc2cc(OC)ccc21. The van der Waals surface area contributed by atoms with E-state index in [1.165, 1.54) is 18.4 Å². The molecule has 1 aliphatic rings. The first kappa shape index (κ1) is 18.1. The first-order valence-electron chi connectivity index (χ1n) is 8.32. The van der Waals surface area contributed by atoms with Crippen molar-refractivity contribution in [1.82, 2.24) is 4.57 Å². The Hall–Kier alpha value is -3.33. The Bertz CT molecular complexity index is 1150. The predicted octanol–water partition coefficient (Wildman–Crippen LogP) is 2.35. The van der Waals surface area contributed by atoms with Crippen LogP contribution in [-0.2, 0) is 16.1 Å². The van der Waals surface area contributed by atoms with Gasteiger partial charge in [0.05, 0.1) is 24.4 Å². The lowest BCUT2D eigenvalue weighted by Crippen LogP contribution is -2.22. The molecule has 0 unspecified atom stereocenters. The highest BCUT2D eigenvalue weighted by Gasteiger charge is 2.17. The Morgan fingerprint density at radius 3 is 2.75 bits per heavy atom. The number of aromatic nitrogens is 1. The number of benzene rings is 2. The largest absolute Gasteiger partial charge is 0.497 e. The number of carbonyl (C=O) groups excluding carboxylic acids is 2. The molecule has 0 saturated carbocycles. The van der Waals surface area contributed by atoms with E-state index in [9.17, 15) is 9.59 Å². The number of fused-ring (bicyclic) bond motifs is 2. The molecule has 2 heterocycles. The molecule has 0 aliphatic carbocycles. The Morgan fingerprint density at radius 2 is 1.96 bits per heavy atom. The first-order chi connectivity index (χ1) is 13.6. The van der Waals surface area contributed by atoms with Gasteiger partial charge in [0.2, 0.25) is 6.79 Å². The average Bonchev–Trinajstić information content (AvgIpc) is 3.31. The highest BCUT2D eigenvalue weighted by atomic mass is 32.1. The number of carbonyl (C=O) groups is 2. The number of hydrogen-bond acceptors (Lipinski definition) is 7. The molecule has 0 fully saturated rings. The molecule has 1 amide bonds. The lowest BCUT2D eigenvalue weighted by molar-refractivity contribution is -0.141. The molecule has 8 nitrogen and oxygen atoms in total. The third kappa shape index (κ3) is 3.31. The Kier molecular flexibility index (Phi) is 4.74. The molecule has 0 bridgehead atoms. The summed E-state index contributed by atoms with van der Waals surface area (Å²) in [6.07, 6.45) is 0. The van der Waals surface area contributed by atoms with Crippen LogP contribution in [0, 0.1) is 0 Å². The third-order valence-corrected chi connectivity index (χ3v) is 5.26. The van der Waals surface area contributed by atoms with E-state index in [1.807, 2.05) is 12.1 Å². The Balaban J connectivity index is 1.80. The van der Waals surface area contributed by atoms with Crippen LogP contribution in [0.15, 0.2) is 41.4 Å². The van der Waals surface area contributed by atoms with E-state index in [-0.39, 0.29) is 13.3 Å². The van der Waals surface area contributed by atoms with Crippen molar-refractivity contribution in [3.8, 4) is 17.2 Å². The van der Waals surface area contributed by atoms with E-state index in [2.05, 4.69) is 4.99 Å².